The topological polar surface area (TPSA) is 150 Å². The van der Waals surface area contributed by atoms with Gasteiger partial charge >= 0.3 is 0 Å². The molecule has 0 bridgehead atoms. The van der Waals surface area contributed by atoms with Gasteiger partial charge in [-0.15, -0.1) is 0 Å². The molecule has 0 amide bonds. The Morgan fingerprint density at radius 3 is 2.92 bits per heavy atom. The molecular weight excluding hydrogens is 320 g/mol. The highest BCUT2D eigenvalue weighted by Crippen LogP contribution is 2.33. The number of fused-ring (bicyclic) bond motifs is 1. The number of aromatic nitrogens is 4. The maximum Gasteiger partial charge on any atom is 0.167 e. The quantitative estimate of drug-likeness (QED) is 0.353. The molecule has 0 aromatic carbocycles. The Labute approximate surface area is 137 Å². The molecule has 3 rings (SSSR count). The number of nitrogens with one attached hydrogen (secondary N) is 1. The van der Waals surface area contributed by atoms with Crippen molar-refractivity contribution >= 4 is 17.0 Å². The van der Waals surface area contributed by atoms with Gasteiger partial charge < -0.3 is 30.3 Å². The number of aliphatic hydroxyl groups is 1. The largest absolute Gasteiger partial charge is 0.394 e. The van der Waals surface area contributed by atoms with Gasteiger partial charge in [0.15, 0.2) is 17.7 Å². The Morgan fingerprint density at radius 1 is 1.38 bits per heavy atom. The second-order valence-electron chi connectivity index (χ2n) is 5.31. The Balaban J connectivity index is 1.94. The number of hydrogen-bond acceptors (Lipinski definition) is 10. The fraction of sp³-hybridized carbons (Fsp3) is 0.615. The van der Waals surface area contributed by atoms with Crippen LogP contribution in [0, 0.1) is 0 Å². The maximum atomic E-state index is 9.50. The smallest absolute Gasteiger partial charge is 0.167 e. The molecule has 1 aliphatic rings. The Kier molecular flexibility index (Phi) is 5.18. The number of hydroxylamine groups is 1. The van der Waals surface area contributed by atoms with Gasteiger partial charge in [-0.2, -0.15) is 5.48 Å². The summed E-state index contributed by atoms with van der Waals surface area (Å²) in [5, 5.41) is 18.9. The van der Waals surface area contributed by atoms with Gasteiger partial charge in [-0.1, -0.05) is 0 Å². The van der Waals surface area contributed by atoms with Crippen molar-refractivity contribution in [3.8, 4) is 0 Å². The minimum atomic E-state index is -0.664. The van der Waals surface area contributed by atoms with Gasteiger partial charge in [-0.05, 0) is 0 Å². The van der Waals surface area contributed by atoms with Crippen molar-refractivity contribution in [1.82, 2.24) is 25.0 Å². The molecule has 2 aromatic heterocycles. The summed E-state index contributed by atoms with van der Waals surface area (Å²) in [4.78, 5) is 12.3. The van der Waals surface area contributed by atoms with Crippen LogP contribution < -0.4 is 11.2 Å². The molecule has 0 unspecified atom stereocenters. The fourth-order valence-electron chi connectivity index (χ4n) is 2.78. The molecule has 11 nitrogen and oxygen atoms in total. The van der Waals surface area contributed by atoms with E-state index in [1.54, 1.807) is 11.7 Å². The number of imidazole rings is 1. The van der Waals surface area contributed by atoms with Crippen LogP contribution in [-0.2, 0) is 14.2 Å². The van der Waals surface area contributed by atoms with Crippen LogP contribution in [0.2, 0.25) is 0 Å². The van der Waals surface area contributed by atoms with E-state index in [0.29, 0.717) is 24.4 Å². The number of hydrogen-bond donors (Lipinski definition) is 4. The number of aliphatic hydroxyl groups excluding tert-OH is 1. The standard InChI is InChI=1S/C13H20N6O5/c1-22-2-3-23-10-8(18-21)7(4-20)24-13(10)19-6-17-9-11(14)15-5-16-12(9)19/h5-8,10,13,18,20-21H,2-4H2,1H3,(H2,14,15,16)/t7-,8-,10-,13-/m1/s1. The molecule has 1 fully saturated rings. The minimum absolute atomic E-state index is 0.254. The van der Waals surface area contributed by atoms with Crippen LogP contribution in [0.5, 0.6) is 0 Å². The minimum Gasteiger partial charge on any atom is -0.394 e. The van der Waals surface area contributed by atoms with Crippen LogP contribution in [0.4, 0.5) is 5.82 Å². The van der Waals surface area contributed by atoms with E-state index in [4.69, 9.17) is 19.9 Å². The first-order valence-electron chi connectivity index (χ1n) is 7.40. The zero-order valence-corrected chi connectivity index (χ0v) is 13.1. The first-order valence-corrected chi connectivity index (χ1v) is 7.40. The number of nitrogen functional groups attached to an aromatic ring is 1. The molecule has 11 heteroatoms. The molecule has 4 atom stereocenters. The van der Waals surface area contributed by atoms with Gasteiger partial charge in [-0.3, -0.25) is 4.57 Å². The lowest BCUT2D eigenvalue weighted by Crippen LogP contribution is -2.45. The van der Waals surface area contributed by atoms with Gasteiger partial charge in [0.25, 0.3) is 0 Å². The molecule has 3 heterocycles. The third-order valence-corrected chi connectivity index (χ3v) is 3.94. The molecular formula is C13H20N6O5. The van der Waals surface area contributed by atoms with Crippen molar-refractivity contribution in [3.63, 3.8) is 0 Å². The molecule has 2 aromatic rings. The maximum absolute atomic E-state index is 9.50. The van der Waals surface area contributed by atoms with Gasteiger partial charge in [0.05, 0.1) is 32.2 Å². The van der Waals surface area contributed by atoms with Crippen LogP contribution in [0.15, 0.2) is 12.7 Å². The second-order valence-corrected chi connectivity index (χ2v) is 5.31. The molecule has 132 valence electrons. The number of nitrogens with zero attached hydrogens (tertiary/aromatic N) is 4. The summed E-state index contributed by atoms with van der Waals surface area (Å²) >= 11 is 0. The molecule has 0 spiro atoms. The molecule has 1 saturated heterocycles. The van der Waals surface area contributed by atoms with Crippen LogP contribution in [0.1, 0.15) is 6.23 Å². The highest BCUT2D eigenvalue weighted by atomic mass is 16.6. The lowest BCUT2D eigenvalue weighted by Gasteiger charge is -2.23. The lowest BCUT2D eigenvalue weighted by atomic mass is 10.1. The number of rotatable bonds is 7. The van der Waals surface area contributed by atoms with E-state index in [-0.39, 0.29) is 12.4 Å². The first kappa shape index (κ1) is 17.0. The van der Waals surface area contributed by atoms with Gasteiger partial charge in [0, 0.05) is 7.11 Å². The monoisotopic (exact) mass is 340 g/mol. The van der Waals surface area contributed by atoms with Crippen LogP contribution in [-0.4, -0.2) is 75.0 Å². The van der Waals surface area contributed by atoms with E-state index in [9.17, 15) is 10.3 Å². The van der Waals surface area contributed by atoms with Crippen molar-refractivity contribution in [3.05, 3.63) is 12.7 Å². The van der Waals surface area contributed by atoms with Crippen molar-refractivity contribution < 1.29 is 24.5 Å². The number of anilines is 1. The molecule has 24 heavy (non-hydrogen) atoms. The Hall–Kier alpha value is -1.89. The number of nitrogens with two attached hydrogens (primary N) is 1. The van der Waals surface area contributed by atoms with Crippen LogP contribution >= 0.6 is 0 Å². The summed E-state index contributed by atoms with van der Waals surface area (Å²) < 4.78 is 18.2. The summed E-state index contributed by atoms with van der Waals surface area (Å²) in [5.74, 6) is 0.254. The fourth-order valence-corrected chi connectivity index (χ4v) is 2.78. The highest BCUT2D eigenvalue weighted by molar-refractivity contribution is 5.81. The van der Waals surface area contributed by atoms with Crippen LogP contribution in [0.3, 0.4) is 0 Å². The second kappa shape index (κ2) is 7.34. The van der Waals surface area contributed by atoms with Crippen molar-refractivity contribution in [2.75, 3.05) is 32.7 Å². The van der Waals surface area contributed by atoms with Crippen molar-refractivity contribution in [2.24, 2.45) is 0 Å². The van der Waals surface area contributed by atoms with Gasteiger partial charge in [0.1, 0.15) is 24.1 Å². The SMILES string of the molecule is COCCO[C@@H]1[C@H](NO)[C@@H](CO)O[C@H]1n1cnc2c(N)ncnc21. The zero-order valence-electron chi connectivity index (χ0n) is 13.1. The third-order valence-electron chi connectivity index (χ3n) is 3.94. The average molecular weight is 340 g/mol. The highest BCUT2D eigenvalue weighted by Gasteiger charge is 2.46. The lowest BCUT2D eigenvalue weighted by molar-refractivity contribution is -0.0764. The summed E-state index contributed by atoms with van der Waals surface area (Å²) in [6.07, 6.45) is 0.918. The Bertz CT molecular complexity index is 682. The van der Waals surface area contributed by atoms with E-state index in [1.165, 1.54) is 12.7 Å². The van der Waals surface area contributed by atoms with E-state index in [1.807, 2.05) is 0 Å². The Morgan fingerprint density at radius 2 is 2.21 bits per heavy atom. The molecule has 0 saturated carbocycles. The molecule has 5 N–H and O–H groups in total. The first-order chi connectivity index (χ1) is 11.7. The van der Waals surface area contributed by atoms with Gasteiger partial charge in [0.2, 0.25) is 0 Å². The van der Waals surface area contributed by atoms with Crippen LogP contribution in [0.25, 0.3) is 11.2 Å². The average Bonchev–Trinajstić information content (AvgIpc) is 3.16. The normalized spacial score (nSPS) is 27.1. The number of methoxy groups -OCH3 is 1. The summed E-state index contributed by atoms with van der Waals surface area (Å²) in [6, 6.07) is -0.631. The summed E-state index contributed by atoms with van der Waals surface area (Å²) in [5.41, 5.74) is 8.87. The van der Waals surface area contributed by atoms with Gasteiger partial charge in [-0.25, -0.2) is 15.0 Å². The summed E-state index contributed by atoms with van der Waals surface area (Å²) in [7, 11) is 1.56. The molecule has 0 aliphatic carbocycles. The van der Waals surface area contributed by atoms with E-state index in [2.05, 4.69) is 20.4 Å². The molecule has 1 aliphatic heterocycles. The number of ether oxygens (including phenoxy) is 3. The van der Waals surface area contributed by atoms with Crippen molar-refractivity contribution in [1.29, 1.82) is 0 Å². The molecule has 0 radical (unpaired) electrons. The predicted octanol–water partition coefficient (Wildman–Crippen LogP) is -1.32. The van der Waals surface area contributed by atoms with Crippen molar-refractivity contribution in [2.45, 2.75) is 24.5 Å². The zero-order chi connectivity index (χ0) is 17.1. The van der Waals surface area contributed by atoms with E-state index in [0.717, 1.165) is 0 Å². The van der Waals surface area contributed by atoms with E-state index < -0.39 is 24.5 Å². The van der Waals surface area contributed by atoms with E-state index >= 15 is 0 Å². The third kappa shape index (κ3) is 2.92. The predicted molar refractivity (Wildman–Crippen MR) is 81.1 cm³/mol. The summed E-state index contributed by atoms with van der Waals surface area (Å²) in [6.45, 7) is 0.384.